The topological polar surface area (TPSA) is 55.8 Å². The zero-order valence-electron chi connectivity index (χ0n) is 14.5. The molecule has 0 rings (SSSR count). The molecule has 1 N–H and O–H groups in total. The van der Waals surface area contributed by atoms with Crippen molar-refractivity contribution in [2.24, 2.45) is 0 Å². The van der Waals surface area contributed by atoms with E-state index in [1.54, 1.807) is 0 Å². The molecule has 22 heavy (non-hydrogen) atoms. The molecule has 0 amide bonds. The van der Waals surface area contributed by atoms with E-state index in [4.69, 9.17) is 14.6 Å². The molecule has 0 atom stereocenters. The highest BCUT2D eigenvalue weighted by atomic mass is 16.5. The van der Waals surface area contributed by atoms with Gasteiger partial charge in [-0.15, -0.1) is 0 Å². The average molecular weight is 316 g/mol. The summed E-state index contributed by atoms with van der Waals surface area (Å²) in [6, 6.07) is 0. The standard InChI is InChI=1S/C18H36O4/c1-2-3-4-5-6-7-8-9-10-11-14-21-16-17-22-15-12-13-18(19)20/h2-17H2,1H3,(H,19,20). The van der Waals surface area contributed by atoms with Crippen molar-refractivity contribution < 1.29 is 19.4 Å². The van der Waals surface area contributed by atoms with Gasteiger partial charge < -0.3 is 14.6 Å². The molecule has 0 aromatic heterocycles. The summed E-state index contributed by atoms with van der Waals surface area (Å²) in [7, 11) is 0. The van der Waals surface area contributed by atoms with Crippen LogP contribution in [-0.4, -0.2) is 37.5 Å². The van der Waals surface area contributed by atoms with Gasteiger partial charge in [-0.25, -0.2) is 0 Å². The van der Waals surface area contributed by atoms with Crippen LogP contribution >= 0.6 is 0 Å². The minimum atomic E-state index is -0.763. The summed E-state index contributed by atoms with van der Waals surface area (Å²) in [5.74, 6) is -0.763. The molecular weight excluding hydrogens is 280 g/mol. The van der Waals surface area contributed by atoms with Gasteiger partial charge in [0.15, 0.2) is 0 Å². The third-order valence-electron chi connectivity index (χ3n) is 3.69. The molecule has 0 fully saturated rings. The van der Waals surface area contributed by atoms with Crippen LogP contribution in [0.5, 0.6) is 0 Å². The number of aliphatic carboxylic acids is 1. The lowest BCUT2D eigenvalue weighted by atomic mass is 10.1. The van der Waals surface area contributed by atoms with Crippen LogP contribution in [0, 0.1) is 0 Å². The smallest absolute Gasteiger partial charge is 0.303 e. The second-order valence-electron chi connectivity index (χ2n) is 5.90. The predicted molar refractivity (Wildman–Crippen MR) is 90.4 cm³/mol. The molecule has 4 nitrogen and oxygen atoms in total. The molecule has 0 aromatic carbocycles. The Morgan fingerprint density at radius 3 is 1.64 bits per heavy atom. The first-order valence-electron chi connectivity index (χ1n) is 9.14. The van der Waals surface area contributed by atoms with Gasteiger partial charge in [0, 0.05) is 19.6 Å². The van der Waals surface area contributed by atoms with E-state index in [9.17, 15) is 4.79 Å². The van der Waals surface area contributed by atoms with Crippen molar-refractivity contribution in [2.45, 2.75) is 84.0 Å². The minimum Gasteiger partial charge on any atom is -0.481 e. The van der Waals surface area contributed by atoms with E-state index in [0.717, 1.165) is 13.0 Å². The molecule has 0 heterocycles. The summed E-state index contributed by atoms with van der Waals surface area (Å²) in [6.45, 7) is 4.76. The zero-order chi connectivity index (χ0) is 16.3. The van der Waals surface area contributed by atoms with Crippen LogP contribution in [0.15, 0.2) is 0 Å². The highest BCUT2D eigenvalue weighted by molar-refractivity contribution is 5.66. The van der Waals surface area contributed by atoms with E-state index in [2.05, 4.69) is 6.92 Å². The quantitative estimate of drug-likeness (QED) is 0.369. The molecule has 0 spiro atoms. The summed E-state index contributed by atoms with van der Waals surface area (Å²) in [4.78, 5) is 10.3. The molecule has 0 aliphatic heterocycles. The number of carbonyl (C=O) groups is 1. The molecular formula is C18H36O4. The Balaban J connectivity index is 2.95. The number of carboxylic acid groups (broad SMARTS) is 1. The maximum Gasteiger partial charge on any atom is 0.303 e. The van der Waals surface area contributed by atoms with Crippen molar-refractivity contribution in [2.75, 3.05) is 26.4 Å². The second kappa shape index (κ2) is 18.4. The van der Waals surface area contributed by atoms with E-state index in [1.165, 1.54) is 57.8 Å². The Kier molecular flexibility index (Phi) is 17.9. The molecule has 4 heteroatoms. The van der Waals surface area contributed by atoms with Gasteiger partial charge in [0.2, 0.25) is 0 Å². The Bertz CT molecular complexity index is 231. The lowest BCUT2D eigenvalue weighted by molar-refractivity contribution is -0.137. The highest BCUT2D eigenvalue weighted by Crippen LogP contribution is 2.10. The van der Waals surface area contributed by atoms with E-state index >= 15 is 0 Å². The van der Waals surface area contributed by atoms with Gasteiger partial charge >= 0.3 is 5.97 Å². The summed E-state index contributed by atoms with van der Waals surface area (Å²) in [5, 5.41) is 8.46. The SMILES string of the molecule is CCCCCCCCCCCCOCCOCCCC(=O)O. The zero-order valence-corrected chi connectivity index (χ0v) is 14.5. The fraction of sp³-hybridized carbons (Fsp3) is 0.944. The van der Waals surface area contributed by atoms with Crippen molar-refractivity contribution in [1.29, 1.82) is 0 Å². The minimum absolute atomic E-state index is 0.180. The fourth-order valence-corrected chi connectivity index (χ4v) is 2.34. The van der Waals surface area contributed by atoms with Crippen LogP contribution in [0.2, 0.25) is 0 Å². The van der Waals surface area contributed by atoms with Crippen molar-refractivity contribution in [3.8, 4) is 0 Å². The highest BCUT2D eigenvalue weighted by Gasteiger charge is 1.96. The van der Waals surface area contributed by atoms with E-state index in [-0.39, 0.29) is 6.42 Å². The second-order valence-corrected chi connectivity index (χ2v) is 5.90. The lowest BCUT2D eigenvalue weighted by Gasteiger charge is -2.05. The fourth-order valence-electron chi connectivity index (χ4n) is 2.34. The van der Waals surface area contributed by atoms with Crippen LogP contribution in [0.1, 0.15) is 84.0 Å². The van der Waals surface area contributed by atoms with Crippen molar-refractivity contribution in [3.05, 3.63) is 0 Å². The first kappa shape index (κ1) is 21.4. The molecule has 0 radical (unpaired) electrons. The Morgan fingerprint density at radius 1 is 0.682 bits per heavy atom. The number of hydrogen-bond donors (Lipinski definition) is 1. The molecule has 0 unspecified atom stereocenters. The Morgan fingerprint density at radius 2 is 1.14 bits per heavy atom. The lowest BCUT2D eigenvalue weighted by Crippen LogP contribution is -2.07. The molecule has 132 valence electrons. The van der Waals surface area contributed by atoms with Gasteiger partial charge in [-0.05, 0) is 12.8 Å². The van der Waals surface area contributed by atoms with Gasteiger partial charge in [0.05, 0.1) is 13.2 Å². The van der Waals surface area contributed by atoms with Crippen LogP contribution < -0.4 is 0 Å². The van der Waals surface area contributed by atoms with Crippen LogP contribution in [0.3, 0.4) is 0 Å². The van der Waals surface area contributed by atoms with Crippen LogP contribution in [-0.2, 0) is 14.3 Å². The summed E-state index contributed by atoms with van der Waals surface area (Å²) in [6.07, 6.45) is 14.1. The van der Waals surface area contributed by atoms with Crippen molar-refractivity contribution >= 4 is 5.97 Å². The monoisotopic (exact) mass is 316 g/mol. The van der Waals surface area contributed by atoms with E-state index in [0.29, 0.717) is 26.2 Å². The number of rotatable bonds is 18. The van der Waals surface area contributed by atoms with Crippen LogP contribution in [0.4, 0.5) is 0 Å². The van der Waals surface area contributed by atoms with Gasteiger partial charge in [-0.3, -0.25) is 4.79 Å². The first-order chi connectivity index (χ1) is 10.8. The number of hydrogen-bond acceptors (Lipinski definition) is 3. The number of carboxylic acids is 1. The summed E-state index contributed by atoms with van der Waals surface area (Å²) in [5.41, 5.74) is 0. The number of unbranched alkanes of at least 4 members (excludes halogenated alkanes) is 9. The average Bonchev–Trinajstić information content (AvgIpc) is 2.50. The molecule has 0 saturated heterocycles. The molecule has 0 aliphatic carbocycles. The molecule has 0 saturated carbocycles. The molecule has 0 bridgehead atoms. The number of ether oxygens (including phenoxy) is 2. The molecule has 0 aromatic rings. The largest absolute Gasteiger partial charge is 0.481 e. The third kappa shape index (κ3) is 19.4. The third-order valence-corrected chi connectivity index (χ3v) is 3.69. The van der Waals surface area contributed by atoms with Gasteiger partial charge in [0.25, 0.3) is 0 Å². The van der Waals surface area contributed by atoms with E-state index < -0.39 is 5.97 Å². The maximum absolute atomic E-state index is 10.3. The summed E-state index contributed by atoms with van der Waals surface area (Å²) >= 11 is 0. The van der Waals surface area contributed by atoms with Crippen molar-refractivity contribution in [3.63, 3.8) is 0 Å². The van der Waals surface area contributed by atoms with E-state index in [1.807, 2.05) is 0 Å². The normalized spacial score (nSPS) is 11.0. The molecule has 0 aliphatic rings. The maximum atomic E-state index is 10.3. The first-order valence-corrected chi connectivity index (χ1v) is 9.14. The predicted octanol–water partition coefficient (Wildman–Crippen LogP) is 4.81. The Hall–Kier alpha value is -0.610. The van der Waals surface area contributed by atoms with Crippen molar-refractivity contribution in [1.82, 2.24) is 0 Å². The van der Waals surface area contributed by atoms with Gasteiger partial charge in [-0.1, -0.05) is 64.7 Å². The van der Waals surface area contributed by atoms with Gasteiger partial charge in [-0.2, -0.15) is 0 Å². The van der Waals surface area contributed by atoms with Crippen LogP contribution in [0.25, 0.3) is 0 Å². The Labute approximate surface area is 136 Å². The van der Waals surface area contributed by atoms with Gasteiger partial charge in [0.1, 0.15) is 0 Å². The summed E-state index contributed by atoms with van der Waals surface area (Å²) < 4.78 is 10.8.